The van der Waals surface area contributed by atoms with Crippen molar-refractivity contribution in [3.8, 4) is 0 Å². The molecule has 0 unspecified atom stereocenters. The molecule has 0 saturated carbocycles. The first-order chi connectivity index (χ1) is 18.2. The molecule has 0 N–H and O–H groups in total. The number of benzene rings is 3. The zero-order valence-corrected chi connectivity index (χ0v) is 24.7. The lowest BCUT2D eigenvalue weighted by atomic mass is 9.80. The number of ketones is 1. The van der Waals surface area contributed by atoms with E-state index in [4.69, 9.17) is 9.25 Å². The Morgan fingerprint density at radius 3 is 1.85 bits per heavy atom. The van der Waals surface area contributed by atoms with Crippen molar-refractivity contribution in [1.82, 2.24) is 0 Å². The fourth-order valence-electron chi connectivity index (χ4n) is 4.16. The lowest BCUT2D eigenvalue weighted by Gasteiger charge is -2.25. The highest BCUT2D eigenvalue weighted by molar-refractivity contribution is 7.99. The summed E-state index contributed by atoms with van der Waals surface area (Å²) < 4.78 is 6.20. The number of fused-ring (bicyclic) bond motifs is 1. The lowest BCUT2D eigenvalue weighted by molar-refractivity contribution is -0.140. The summed E-state index contributed by atoms with van der Waals surface area (Å²) in [7, 11) is 0. The molecule has 3 aromatic carbocycles. The van der Waals surface area contributed by atoms with Crippen molar-refractivity contribution in [3.63, 3.8) is 0 Å². The Hall–Kier alpha value is -3.64. The number of furan rings is 1. The van der Waals surface area contributed by atoms with Gasteiger partial charge >= 0.3 is 5.97 Å². The van der Waals surface area contributed by atoms with Crippen LogP contribution in [0.5, 0.6) is 0 Å². The second-order valence-electron chi connectivity index (χ2n) is 11.8. The predicted octanol–water partition coefficient (Wildman–Crippen LogP) is 8.70. The molecule has 0 aliphatic heterocycles. The number of carbonyl (C=O) groups is 2. The minimum Gasteiger partial charge on any atom is -0.452 e. The largest absolute Gasteiger partial charge is 0.452 e. The van der Waals surface area contributed by atoms with E-state index in [-0.39, 0.29) is 16.6 Å². The Labute approximate surface area is 234 Å². The number of carbonyl (C=O) groups excluding carboxylic acids is 2. The molecular weight excluding hydrogens is 506 g/mol. The Morgan fingerprint density at radius 1 is 0.769 bits per heavy atom. The SMILES string of the molecule is CC(=O)ON=C(C)c1ccc(Sc2ccc(C(=O)c3cc4cc(C(C)(C)C)cc(C(C)(C)C)c4o3)cc2)cc1. The highest BCUT2D eigenvalue weighted by Gasteiger charge is 2.26. The minimum atomic E-state index is -0.451. The predicted molar refractivity (Wildman–Crippen MR) is 158 cm³/mol. The Bertz CT molecular complexity index is 1550. The van der Waals surface area contributed by atoms with E-state index in [0.717, 1.165) is 31.9 Å². The van der Waals surface area contributed by atoms with Crippen LogP contribution >= 0.6 is 11.8 Å². The van der Waals surface area contributed by atoms with E-state index in [1.807, 2.05) is 54.6 Å². The quantitative estimate of drug-likeness (QED) is 0.106. The zero-order valence-electron chi connectivity index (χ0n) is 23.8. The van der Waals surface area contributed by atoms with Crippen LogP contribution in [0.2, 0.25) is 0 Å². The van der Waals surface area contributed by atoms with Crippen molar-refractivity contribution < 1.29 is 18.8 Å². The van der Waals surface area contributed by atoms with Gasteiger partial charge in [-0.2, -0.15) is 0 Å². The van der Waals surface area contributed by atoms with Crippen molar-refractivity contribution >= 4 is 40.2 Å². The molecule has 4 aromatic rings. The summed E-state index contributed by atoms with van der Waals surface area (Å²) in [4.78, 5) is 31.1. The summed E-state index contributed by atoms with van der Waals surface area (Å²) in [6.07, 6.45) is 0. The first-order valence-corrected chi connectivity index (χ1v) is 13.8. The van der Waals surface area contributed by atoms with Gasteiger partial charge in [-0.05, 0) is 77.4 Å². The van der Waals surface area contributed by atoms with Gasteiger partial charge in [-0.1, -0.05) is 76.7 Å². The van der Waals surface area contributed by atoms with Crippen LogP contribution in [0.25, 0.3) is 11.0 Å². The molecule has 0 amide bonds. The van der Waals surface area contributed by atoms with Gasteiger partial charge in [-0.25, -0.2) is 4.79 Å². The lowest BCUT2D eigenvalue weighted by Crippen LogP contribution is -2.16. The average molecular weight is 542 g/mol. The van der Waals surface area contributed by atoms with Crippen molar-refractivity contribution in [2.45, 2.75) is 76.0 Å². The van der Waals surface area contributed by atoms with E-state index < -0.39 is 5.97 Å². The monoisotopic (exact) mass is 541 g/mol. The molecule has 0 radical (unpaired) electrons. The highest BCUT2D eigenvalue weighted by atomic mass is 32.2. The van der Waals surface area contributed by atoms with Crippen LogP contribution in [-0.4, -0.2) is 17.5 Å². The molecule has 39 heavy (non-hydrogen) atoms. The maximum absolute atomic E-state index is 13.4. The van der Waals surface area contributed by atoms with Crippen molar-refractivity contribution in [1.29, 1.82) is 0 Å². The van der Waals surface area contributed by atoms with Gasteiger partial charge in [0.15, 0.2) is 5.76 Å². The van der Waals surface area contributed by atoms with Crippen LogP contribution in [0.3, 0.4) is 0 Å². The fraction of sp³-hybridized carbons (Fsp3) is 0.303. The number of oxime groups is 1. The molecule has 1 aromatic heterocycles. The maximum Gasteiger partial charge on any atom is 0.331 e. The van der Waals surface area contributed by atoms with Gasteiger partial charge in [0.1, 0.15) is 5.58 Å². The summed E-state index contributed by atoms with van der Waals surface area (Å²) in [5, 5.41) is 4.78. The molecule has 4 rings (SSSR count). The molecule has 0 spiro atoms. The van der Waals surface area contributed by atoms with Crippen LogP contribution in [0.1, 0.15) is 88.2 Å². The highest BCUT2D eigenvalue weighted by Crippen LogP contribution is 2.37. The molecule has 0 aliphatic carbocycles. The molecule has 0 saturated heterocycles. The summed E-state index contributed by atoms with van der Waals surface area (Å²) in [5.41, 5.74) is 5.05. The zero-order chi connectivity index (χ0) is 28.5. The normalized spacial score (nSPS) is 12.6. The smallest absolute Gasteiger partial charge is 0.331 e. The van der Waals surface area contributed by atoms with Gasteiger partial charge in [0.2, 0.25) is 5.78 Å². The second-order valence-corrected chi connectivity index (χ2v) is 12.9. The molecule has 6 heteroatoms. The topological polar surface area (TPSA) is 68.9 Å². The van der Waals surface area contributed by atoms with Gasteiger partial charge in [0, 0.05) is 33.2 Å². The number of nitrogens with zero attached hydrogens (tertiary/aromatic N) is 1. The summed E-state index contributed by atoms with van der Waals surface area (Å²) in [5.74, 6) is -0.233. The van der Waals surface area contributed by atoms with E-state index in [9.17, 15) is 9.59 Å². The standard InChI is InChI=1S/C33H35NO4S/c1-20(34-38-21(2)35)22-9-13-26(14-10-22)39-27-15-11-23(12-16-27)30(36)29-18-24-17-25(32(3,4)5)19-28(31(24)37-29)33(6,7)8/h9-19H,1-8H3. The van der Waals surface area contributed by atoms with Gasteiger partial charge in [0.25, 0.3) is 0 Å². The van der Waals surface area contributed by atoms with Gasteiger partial charge in [-0.15, -0.1) is 0 Å². The summed E-state index contributed by atoms with van der Waals surface area (Å²) in [6.45, 7) is 16.2. The second kappa shape index (κ2) is 10.9. The third-order valence-corrected chi connectivity index (χ3v) is 7.47. The van der Waals surface area contributed by atoms with E-state index >= 15 is 0 Å². The number of rotatable bonds is 6. The minimum absolute atomic E-state index is 0.0141. The van der Waals surface area contributed by atoms with E-state index in [2.05, 4.69) is 58.8 Å². The molecule has 202 valence electrons. The molecule has 5 nitrogen and oxygen atoms in total. The van der Waals surface area contributed by atoms with E-state index in [0.29, 0.717) is 17.0 Å². The first kappa shape index (κ1) is 28.4. The summed E-state index contributed by atoms with van der Waals surface area (Å²) in [6, 6.07) is 21.6. The van der Waals surface area contributed by atoms with Crippen molar-refractivity contribution in [3.05, 3.63) is 94.7 Å². The first-order valence-electron chi connectivity index (χ1n) is 13.0. The van der Waals surface area contributed by atoms with Crippen LogP contribution in [-0.2, 0) is 20.5 Å². The third kappa shape index (κ3) is 6.69. The van der Waals surface area contributed by atoms with Crippen LogP contribution in [0.15, 0.2) is 86.1 Å². The van der Waals surface area contributed by atoms with Crippen LogP contribution in [0, 0.1) is 0 Å². The van der Waals surface area contributed by atoms with E-state index in [1.54, 1.807) is 18.7 Å². The van der Waals surface area contributed by atoms with Gasteiger partial charge in [0.05, 0.1) is 5.71 Å². The third-order valence-electron chi connectivity index (χ3n) is 6.45. The van der Waals surface area contributed by atoms with Gasteiger partial charge in [-0.3, -0.25) is 4.79 Å². The molecule has 1 heterocycles. The van der Waals surface area contributed by atoms with Crippen LogP contribution < -0.4 is 0 Å². The summed E-state index contributed by atoms with van der Waals surface area (Å²) >= 11 is 1.59. The Morgan fingerprint density at radius 2 is 1.33 bits per heavy atom. The molecule has 0 atom stereocenters. The molecule has 0 fully saturated rings. The number of hydrogen-bond donors (Lipinski definition) is 0. The maximum atomic E-state index is 13.4. The van der Waals surface area contributed by atoms with Crippen LogP contribution in [0.4, 0.5) is 0 Å². The van der Waals surface area contributed by atoms with Crippen molar-refractivity contribution in [2.24, 2.45) is 5.16 Å². The Kier molecular flexibility index (Phi) is 7.89. The molecule has 0 bridgehead atoms. The Balaban J connectivity index is 1.54. The average Bonchev–Trinajstić information content (AvgIpc) is 3.30. The molecular formula is C33H35NO4S. The fourth-order valence-corrected chi connectivity index (χ4v) is 4.97. The molecule has 0 aliphatic rings. The van der Waals surface area contributed by atoms with Gasteiger partial charge < -0.3 is 9.25 Å². The van der Waals surface area contributed by atoms with Crippen molar-refractivity contribution in [2.75, 3.05) is 0 Å². The number of hydrogen-bond acceptors (Lipinski definition) is 6. The van der Waals surface area contributed by atoms with E-state index in [1.165, 1.54) is 12.5 Å².